The topological polar surface area (TPSA) is 113 Å². The molecule has 0 aliphatic rings. The molecule has 3 N–H and O–H groups in total. The van der Waals surface area contributed by atoms with Crippen LogP contribution in [0.2, 0.25) is 0 Å². The zero-order valence-electron chi connectivity index (χ0n) is 20.1. The number of ether oxygens (including phenoxy) is 2. The molecule has 0 atom stereocenters. The quantitative estimate of drug-likeness (QED) is 0.131. The summed E-state index contributed by atoms with van der Waals surface area (Å²) in [6.45, 7) is 2.60. The Morgan fingerprint density at radius 1 is 0.917 bits per heavy atom. The number of carbonyl (C=O) groups is 2. The van der Waals surface area contributed by atoms with Crippen LogP contribution < -0.4 is 9.47 Å². The Morgan fingerprint density at radius 2 is 1.67 bits per heavy atom. The van der Waals surface area contributed by atoms with Crippen molar-refractivity contribution in [3.63, 3.8) is 0 Å². The zero-order chi connectivity index (χ0) is 25.9. The van der Waals surface area contributed by atoms with E-state index in [2.05, 4.69) is 0 Å². The van der Waals surface area contributed by atoms with Gasteiger partial charge in [0.25, 0.3) is 0 Å². The van der Waals surface area contributed by atoms with E-state index in [1.165, 1.54) is 24.3 Å². The van der Waals surface area contributed by atoms with E-state index in [0.29, 0.717) is 29.0 Å². The summed E-state index contributed by atoms with van der Waals surface area (Å²) in [6.07, 6.45) is 6.75. The molecule has 7 nitrogen and oxygen atoms in total. The fraction of sp³-hybridized carbons (Fsp3) is 0.241. The number of carboxylic acids is 1. The third-order valence-corrected chi connectivity index (χ3v) is 5.54. The third-order valence-electron chi connectivity index (χ3n) is 5.54. The van der Waals surface area contributed by atoms with E-state index in [-0.39, 0.29) is 17.9 Å². The van der Waals surface area contributed by atoms with Gasteiger partial charge in [-0.15, -0.1) is 0 Å². The number of carbonyl (C=O) groups excluding carboxylic acids is 1. The predicted molar refractivity (Wildman–Crippen MR) is 137 cm³/mol. The molecule has 0 radical (unpaired) electrons. The number of phenolic OH excluding ortho intramolecular Hbond substituents is 1. The van der Waals surface area contributed by atoms with Crippen LogP contribution in [0.3, 0.4) is 0 Å². The van der Waals surface area contributed by atoms with Crippen molar-refractivity contribution >= 4 is 18.0 Å². The summed E-state index contributed by atoms with van der Waals surface area (Å²) in [6, 6.07) is 16.4. The Hall–Kier alpha value is -4.10. The highest BCUT2D eigenvalue weighted by molar-refractivity contribution is 5.96. The molecule has 0 amide bonds. The number of aliphatic hydroxyl groups excluding tert-OH is 1. The van der Waals surface area contributed by atoms with Crippen LogP contribution in [0.25, 0.3) is 17.2 Å². The van der Waals surface area contributed by atoms with E-state index in [4.69, 9.17) is 14.6 Å². The molecule has 3 aromatic carbocycles. The second-order valence-electron chi connectivity index (χ2n) is 8.33. The molecule has 0 aromatic heterocycles. The van der Waals surface area contributed by atoms with Crippen LogP contribution >= 0.6 is 0 Å². The molecule has 3 rings (SSSR count). The fourth-order valence-corrected chi connectivity index (χ4v) is 3.63. The molecule has 0 aliphatic heterocycles. The van der Waals surface area contributed by atoms with Crippen molar-refractivity contribution in [2.75, 3.05) is 13.2 Å². The number of aryl methyl sites for hydroxylation is 1. The van der Waals surface area contributed by atoms with E-state index in [0.717, 1.165) is 37.0 Å². The molecule has 0 saturated heterocycles. The lowest BCUT2D eigenvalue weighted by molar-refractivity contribution is -0.128. The normalized spacial score (nSPS) is 10.9. The van der Waals surface area contributed by atoms with Crippen molar-refractivity contribution in [1.29, 1.82) is 0 Å². The minimum atomic E-state index is -1.10. The van der Waals surface area contributed by atoms with Crippen LogP contribution in [0.15, 0.2) is 66.7 Å². The lowest BCUT2D eigenvalue weighted by Crippen LogP contribution is -2.05. The fourth-order valence-electron chi connectivity index (χ4n) is 3.63. The van der Waals surface area contributed by atoms with E-state index < -0.39 is 11.9 Å². The molecular formula is C29H30O7. The summed E-state index contributed by atoms with van der Waals surface area (Å²) in [7, 11) is 0. The Morgan fingerprint density at radius 3 is 2.36 bits per heavy atom. The number of hydrogen-bond donors (Lipinski definition) is 3. The summed E-state index contributed by atoms with van der Waals surface area (Å²) in [4.78, 5) is 23.9. The van der Waals surface area contributed by atoms with Crippen molar-refractivity contribution in [1.82, 2.24) is 0 Å². The van der Waals surface area contributed by atoms with E-state index in [1.807, 2.05) is 24.3 Å². The number of aromatic hydroxyl groups is 1. The lowest BCUT2D eigenvalue weighted by atomic mass is 9.97. The van der Waals surface area contributed by atoms with Crippen LogP contribution in [-0.4, -0.2) is 40.5 Å². The van der Waals surface area contributed by atoms with E-state index >= 15 is 0 Å². The molecule has 3 aromatic rings. The van der Waals surface area contributed by atoms with Crippen LogP contribution in [0, 0.1) is 6.92 Å². The second-order valence-corrected chi connectivity index (χ2v) is 8.33. The largest absolute Gasteiger partial charge is 0.508 e. The van der Waals surface area contributed by atoms with Gasteiger partial charge in [0, 0.05) is 12.7 Å². The molecule has 0 saturated carbocycles. The maximum atomic E-state index is 12.3. The van der Waals surface area contributed by atoms with Gasteiger partial charge in [0.2, 0.25) is 0 Å². The standard InChI is InChI=1S/C29H30O7/c1-20-18-22(26-19-23(31)10-13-25(26)29(33)34)9-14-27(20)36-28(32)15-8-21-6-11-24(12-7-21)35-17-5-3-2-4-16-30/h6-15,18-19,30-31H,2-5,16-17H2,1H3,(H,33,34)/b15-8+. The smallest absolute Gasteiger partial charge is 0.336 e. The number of esters is 1. The van der Waals surface area contributed by atoms with Gasteiger partial charge in [-0.2, -0.15) is 0 Å². The highest BCUT2D eigenvalue weighted by Gasteiger charge is 2.14. The van der Waals surface area contributed by atoms with Crippen molar-refractivity contribution in [2.45, 2.75) is 32.6 Å². The average Bonchev–Trinajstić information content (AvgIpc) is 2.86. The number of aromatic carboxylic acids is 1. The van der Waals surface area contributed by atoms with Crippen molar-refractivity contribution in [2.24, 2.45) is 0 Å². The molecule has 0 bridgehead atoms. The monoisotopic (exact) mass is 490 g/mol. The first-order chi connectivity index (χ1) is 17.4. The highest BCUT2D eigenvalue weighted by Crippen LogP contribution is 2.31. The number of aliphatic hydroxyl groups is 1. The Balaban J connectivity index is 1.57. The minimum absolute atomic E-state index is 0.0397. The minimum Gasteiger partial charge on any atom is -0.508 e. The van der Waals surface area contributed by atoms with Gasteiger partial charge in [0.05, 0.1) is 12.2 Å². The van der Waals surface area contributed by atoms with Gasteiger partial charge in [-0.25, -0.2) is 9.59 Å². The maximum Gasteiger partial charge on any atom is 0.336 e. The van der Waals surface area contributed by atoms with Crippen molar-refractivity contribution in [3.8, 4) is 28.4 Å². The van der Waals surface area contributed by atoms with Crippen molar-refractivity contribution < 1.29 is 34.4 Å². The SMILES string of the molecule is Cc1cc(-c2cc(O)ccc2C(=O)O)ccc1OC(=O)/C=C/c1ccc(OCCCCCCO)cc1. The van der Waals surface area contributed by atoms with Gasteiger partial charge in [0.15, 0.2) is 0 Å². The summed E-state index contributed by atoms with van der Waals surface area (Å²) in [5.74, 6) is -0.574. The van der Waals surface area contributed by atoms with Gasteiger partial charge < -0.3 is 24.8 Å². The Labute approximate surface area is 210 Å². The van der Waals surface area contributed by atoms with Gasteiger partial charge in [-0.05, 0) is 97.0 Å². The summed E-state index contributed by atoms with van der Waals surface area (Å²) >= 11 is 0. The van der Waals surface area contributed by atoms with Crippen LogP contribution in [0.1, 0.15) is 47.2 Å². The molecule has 188 valence electrons. The van der Waals surface area contributed by atoms with E-state index in [9.17, 15) is 19.8 Å². The van der Waals surface area contributed by atoms with E-state index in [1.54, 1.807) is 31.2 Å². The zero-order valence-corrected chi connectivity index (χ0v) is 20.1. The predicted octanol–water partition coefficient (Wildman–Crippen LogP) is 5.62. The first-order valence-corrected chi connectivity index (χ1v) is 11.8. The van der Waals surface area contributed by atoms with Gasteiger partial charge in [-0.1, -0.05) is 24.6 Å². The van der Waals surface area contributed by atoms with Crippen LogP contribution in [-0.2, 0) is 4.79 Å². The molecule has 7 heteroatoms. The van der Waals surface area contributed by atoms with Gasteiger partial charge >= 0.3 is 11.9 Å². The summed E-state index contributed by atoms with van der Waals surface area (Å²) in [5, 5.41) is 28.0. The van der Waals surface area contributed by atoms with Gasteiger partial charge in [-0.3, -0.25) is 0 Å². The third kappa shape index (κ3) is 7.71. The molecule has 0 heterocycles. The average molecular weight is 491 g/mol. The second kappa shape index (κ2) is 13.1. The van der Waals surface area contributed by atoms with Crippen LogP contribution in [0.4, 0.5) is 0 Å². The Kier molecular flexibility index (Phi) is 9.65. The molecule has 0 fully saturated rings. The summed E-state index contributed by atoms with van der Waals surface area (Å²) < 4.78 is 11.1. The molecule has 0 aliphatic carbocycles. The highest BCUT2D eigenvalue weighted by atomic mass is 16.5. The maximum absolute atomic E-state index is 12.3. The Bertz CT molecular complexity index is 1210. The lowest BCUT2D eigenvalue weighted by Gasteiger charge is -2.11. The van der Waals surface area contributed by atoms with Crippen LogP contribution in [0.5, 0.6) is 17.2 Å². The number of hydrogen-bond acceptors (Lipinski definition) is 6. The number of benzene rings is 3. The van der Waals surface area contributed by atoms with Crippen molar-refractivity contribution in [3.05, 3.63) is 83.4 Å². The molecule has 36 heavy (non-hydrogen) atoms. The van der Waals surface area contributed by atoms with Gasteiger partial charge in [0.1, 0.15) is 17.2 Å². The summed E-state index contributed by atoms with van der Waals surface area (Å²) in [5.41, 5.74) is 2.49. The molecule has 0 spiro atoms. The number of rotatable bonds is 12. The molecular weight excluding hydrogens is 460 g/mol. The number of carboxylic acid groups (broad SMARTS) is 1. The number of phenols is 1. The first-order valence-electron chi connectivity index (χ1n) is 11.8. The first kappa shape index (κ1) is 26.5. The number of unbranched alkanes of at least 4 members (excludes halogenated alkanes) is 3. The molecule has 0 unspecified atom stereocenters.